The van der Waals surface area contributed by atoms with Crippen LogP contribution in [0.1, 0.15) is 26.3 Å². The summed E-state index contributed by atoms with van der Waals surface area (Å²) in [5.41, 5.74) is -0.877. The number of ether oxygens (including phenoxy) is 1. The number of amidine groups is 1. The van der Waals surface area contributed by atoms with Crippen molar-refractivity contribution in [2.45, 2.75) is 31.9 Å². The molecular weight excluding hydrogens is 420 g/mol. The molecule has 0 aliphatic carbocycles. The molecule has 26 heavy (non-hydrogen) atoms. The van der Waals surface area contributed by atoms with E-state index in [1.54, 1.807) is 36.8 Å². The van der Waals surface area contributed by atoms with E-state index in [1.165, 1.54) is 6.07 Å². The zero-order valence-electron chi connectivity index (χ0n) is 15.3. The lowest BCUT2D eigenvalue weighted by atomic mass is 9.81. The quantitative estimate of drug-likeness (QED) is 0.680. The Balaban J connectivity index is 2.02. The van der Waals surface area contributed by atoms with E-state index in [0.29, 0.717) is 18.7 Å². The van der Waals surface area contributed by atoms with E-state index in [2.05, 4.69) is 21.2 Å². The van der Waals surface area contributed by atoms with Gasteiger partial charge in [-0.15, -0.1) is 0 Å². The highest BCUT2D eigenvalue weighted by molar-refractivity contribution is 9.10. The molecule has 0 unspecified atom stereocenters. The molecule has 140 valence electrons. The first-order valence-electron chi connectivity index (χ1n) is 8.48. The second-order valence-electron chi connectivity index (χ2n) is 7.58. The van der Waals surface area contributed by atoms with Crippen LogP contribution in [0.3, 0.4) is 0 Å². The molecule has 2 aliphatic heterocycles. The van der Waals surface area contributed by atoms with Gasteiger partial charge in [-0.05, 0) is 39.0 Å². The largest absolute Gasteiger partial charge is 0.444 e. The highest BCUT2D eigenvalue weighted by Crippen LogP contribution is 2.47. The van der Waals surface area contributed by atoms with Crippen LogP contribution in [0.5, 0.6) is 0 Å². The maximum absolute atomic E-state index is 14.8. The summed E-state index contributed by atoms with van der Waals surface area (Å²) < 4.78 is 21.1. The molecular formula is C17H22BBrFN3O2S. The van der Waals surface area contributed by atoms with Crippen LogP contribution < -0.4 is 5.23 Å². The van der Waals surface area contributed by atoms with Gasteiger partial charge in [0.05, 0.1) is 6.54 Å². The van der Waals surface area contributed by atoms with Crippen LogP contribution in [0.2, 0.25) is 0 Å². The van der Waals surface area contributed by atoms with Crippen molar-refractivity contribution in [2.75, 3.05) is 18.8 Å². The number of halogens is 2. The highest BCUT2D eigenvalue weighted by atomic mass is 79.9. The molecule has 0 saturated carbocycles. The van der Waals surface area contributed by atoms with Crippen molar-refractivity contribution in [2.24, 2.45) is 10.9 Å². The highest BCUT2D eigenvalue weighted by Gasteiger charge is 2.53. The number of amides is 1. The normalized spacial score (nSPS) is 25.5. The van der Waals surface area contributed by atoms with Gasteiger partial charge in [0, 0.05) is 28.3 Å². The van der Waals surface area contributed by atoms with Crippen LogP contribution in [0.15, 0.2) is 27.7 Å². The number of thioether (sulfide) groups is 1. The van der Waals surface area contributed by atoms with E-state index >= 15 is 0 Å². The van der Waals surface area contributed by atoms with E-state index in [1.807, 2.05) is 20.8 Å². The lowest BCUT2D eigenvalue weighted by molar-refractivity contribution is 0.0282. The minimum atomic E-state index is -0.811. The Labute approximate surface area is 166 Å². The summed E-state index contributed by atoms with van der Waals surface area (Å²) in [6.45, 7) is 6.31. The topological polar surface area (TPSA) is 53.9 Å². The molecule has 2 aliphatic rings. The summed E-state index contributed by atoms with van der Waals surface area (Å²) in [4.78, 5) is 19.1. The van der Waals surface area contributed by atoms with Crippen molar-refractivity contribution in [3.8, 4) is 0 Å². The number of nitrogens with zero attached hydrogens (tertiary/aromatic N) is 2. The number of benzene rings is 1. The molecule has 1 N–H and O–H groups in total. The number of carbonyl (C=O) groups is 1. The van der Waals surface area contributed by atoms with Crippen LogP contribution in [0.25, 0.3) is 0 Å². The summed E-state index contributed by atoms with van der Waals surface area (Å²) in [6, 6.07) is 4.89. The number of likely N-dealkylation sites (tertiary alicyclic amines) is 1. The molecule has 3 rings (SSSR count). The molecule has 0 radical (unpaired) electrons. The van der Waals surface area contributed by atoms with Crippen molar-refractivity contribution in [1.82, 2.24) is 10.1 Å². The maximum atomic E-state index is 14.8. The van der Waals surface area contributed by atoms with Gasteiger partial charge in [0.25, 0.3) is 0 Å². The van der Waals surface area contributed by atoms with Gasteiger partial charge in [-0.3, -0.25) is 0 Å². The number of hydrogen-bond acceptors (Lipinski definition) is 5. The standard InChI is InChI=1S/C17H22BBrFN3O2S/c1-16(2,3)25-15(24)23-7-10-8-26-14(22-18)21-17(10,9-23)12-6-11(19)4-5-13(12)20/h4-6,10H,7-9,18H2,1-3H3,(H,21,22)/t10-,17-/m1/s1. The summed E-state index contributed by atoms with van der Waals surface area (Å²) in [7, 11) is 1.80. The van der Waals surface area contributed by atoms with Gasteiger partial charge in [0.2, 0.25) is 7.98 Å². The van der Waals surface area contributed by atoms with Crippen molar-refractivity contribution in [1.29, 1.82) is 0 Å². The molecule has 2 heterocycles. The minimum Gasteiger partial charge on any atom is -0.444 e. The molecule has 2 atom stereocenters. The third kappa shape index (κ3) is 3.74. The summed E-state index contributed by atoms with van der Waals surface area (Å²) in [5.74, 6) is 0.460. The fraction of sp³-hybridized carbons (Fsp3) is 0.529. The first kappa shape index (κ1) is 19.5. The SMILES string of the molecule is BNC1=N[C@]2(c3cc(Br)ccc3F)CN(C(=O)OC(C)(C)C)C[C@@H]2CS1. The monoisotopic (exact) mass is 441 g/mol. The molecule has 0 bridgehead atoms. The van der Waals surface area contributed by atoms with Crippen LogP contribution in [-0.4, -0.2) is 48.6 Å². The fourth-order valence-electron chi connectivity index (χ4n) is 3.40. The molecule has 1 aromatic carbocycles. The van der Waals surface area contributed by atoms with Crippen molar-refractivity contribution in [3.63, 3.8) is 0 Å². The van der Waals surface area contributed by atoms with Gasteiger partial charge in [-0.1, -0.05) is 27.7 Å². The number of hydrogen-bond donors (Lipinski definition) is 1. The number of carbonyl (C=O) groups excluding carboxylic acids is 1. The lowest BCUT2D eigenvalue weighted by Gasteiger charge is -2.35. The third-order valence-corrected chi connectivity index (χ3v) is 6.16. The summed E-state index contributed by atoms with van der Waals surface area (Å²) >= 11 is 5.03. The van der Waals surface area contributed by atoms with Crippen LogP contribution in [-0.2, 0) is 10.3 Å². The van der Waals surface area contributed by atoms with E-state index in [4.69, 9.17) is 9.73 Å². The minimum absolute atomic E-state index is 0.0147. The first-order chi connectivity index (χ1) is 12.1. The predicted molar refractivity (Wildman–Crippen MR) is 109 cm³/mol. The molecule has 5 nitrogen and oxygen atoms in total. The maximum Gasteiger partial charge on any atom is 0.410 e. The second-order valence-corrected chi connectivity index (χ2v) is 9.51. The van der Waals surface area contributed by atoms with Crippen LogP contribution in [0.4, 0.5) is 9.18 Å². The number of aliphatic imine (C=N–C) groups is 1. The lowest BCUT2D eigenvalue weighted by Crippen LogP contribution is -2.42. The van der Waals surface area contributed by atoms with E-state index < -0.39 is 11.1 Å². The summed E-state index contributed by atoms with van der Waals surface area (Å²) in [5, 5.41) is 3.83. The first-order valence-corrected chi connectivity index (χ1v) is 10.3. The molecule has 0 spiro atoms. The summed E-state index contributed by atoms with van der Waals surface area (Å²) in [6.07, 6.45) is -0.382. The average Bonchev–Trinajstić information content (AvgIpc) is 2.95. The van der Waals surface area contributed by atoms with E-state index in [-0.39, 0.29) is 17.8 Å². The zero-order valence-corrected chi connectivity index (χ0v) is 17.7. The molecule has 1 aromatic rings. The van der Waals surface area contributed by atoms with Crippen LogP contribution in [0, 0.1) is 11.7 Å². The third-order valence-electron chi connectivity index (χ3n) is 4.53. The second kappa shape index (κ2) is 7.07. The van der Waals surface area contributed by atoms with E-state index in [9.17, 15) is 9.18 Å². The number of rotatable bonds is 1. The van der Waals surface area contributed by atoms with Gasteiger partial charge in [-0.2, -0.15) is 0 Å². The Bertz CT molecular complexity index is 758. The fourth-order valence-corrected chi connectivity index (χ4v) is 4.87. The Hall–Kier alpha value is -1.22. The zero-order chi connectivity index (χ0) is 19.1. The van der Waals surface area contributed by atoms with Gasteiger partial charge in [-0.25, -0.2) is 14.2 Å². The van der Waals surface area contributed by atoms with Crippen LogP contribution >= 0.6 is 27.7 Å². The Morgan fingerprint density at radius 2 is 2.27 bits per heavy atom. The Kier molecular flexibility index (Phi) is 5.32. The molecule has 0 aromatic heterocycles. The molecule has 1 fully saturated rings. The smallest absolute Gasteiger partial charge is 0.410 e. The average molecular weight is 442 g/mol. The predicted octanol–water partition coefficient (Wildman–Crippen LogP) is 2.89. The molecule has 9 heteroatoms. The van der Waals surface area contributed by atoms with Crippen molar-refractivity contribution in [3.05, 3.63) is 34.1 Å². The molecule has 1 amide bonds. The van der Waals surface area contributed by atoms with Gasteiger partial charge >= 0.3 is 6.09 Å². The Morgan fingerprint density at radius 3 is 2.92 bits per heavy atom. The van der Waals surface area contributed by atoms with Gasteiger partial charge in [0.15, 0.2) is 0 Å². The van der Waals surface area contributed by atoms with Gasteiger partial charge < -0.3 is 14.9 Å². The van der Waals surface area contributed by atoms with E-state index in [0.717, 1.165) is 15.4 Å². The molecule has 1 saturated heterocycles. The van der Waals surface area contributed by atoms with Gasteiger partial charge in [0.1, 0.15) is 22.1 Å². The van der Waals surface area contributed by atoms with Crippen molar-refractivity contribution < 1.29 is 13.9 Å². The van der Waals surface area contributed by atoms with Crippen molar-refractivity contribution >= 4 is 46.9 Å². The number of fused-ring (bicyclic) bond motifs is 1. The number of nitrogens with one attached hydrogen (secondary N) is 1. The Morgan fingerprint density at radius 1 is 1.54 bits per heavy atom.